The topological polar surface area (TPSA) is 100 Å². The zero-order valence-corrected chi connectivity index (χ0v) is 20.6. The van der Waals surface area contributed by atoms with Gasteiger partial charge in [0.05, 0.1) is 23.3 Å². The number of rotatable bonds is 4. The van der Waals surface area contributed by atoms with Gasteiger partial charge in [0.15, 0.2) is 5.82 Å². The highest BCUT2D eigenvalue weighted by atomic mass is 79.9. The molecule has 3 atom stereocenters. The number of ether oxygens (including phenoxy) is 1. The molecule has 172 valence electrons. The van der Waals surface area contributed by atoms with Crippen molar-refractivity contribution in [2.45, 2.75) is 58.2 Å². The minimum Gasteiger partial charge on any atom is -0.380 e. The van der Waals surface area contributed by atoms with Crippen molar-refractivity contribution in [2.75, 3.05) is 24.7 Å². The van der Waals surface area contributed by atoms with Crippen LogP contribution in [0.15, 0.2) is 21.1 Å². The average molecular weight is 511 g/mol. The van der Waals surface area contributed by atoms with Crippen LogP contribution in [0, 0.1) is 25.2 Å². The van der Waals surface area contributed by atoms with Gasteiger partial charge in [0, 0.05) is 41.1 Å². The Hall–Kier alpha value is -2.54. The second-order valence-electron chi connectivity index (χ2n) is 9.03. The zero-order chi connectivity index (χ0) is 23.1. The van der Waals surface area contributed by atoms with Crippen LogP contribution in [0.5, 0.6) is 0 Å². The third kappa shape index (κ3) is 4.23. The fraction of sp³-hybridized carbons (Fsp3) is 0.500. The molecule has 9 heteroatoms. The summed E-state index contributed by atoms with van der Waals surface area (Å²) in [5.74, 6) is 1.85. The molecule has 2 fully saturated rings. The fourth-order valence-corrected chi connectivity index (χ4v) is 5.51. The molecule has 0 aliphatic carbocycles. The summed E-state index contributed by atoms with van der Waals surface area (Å²) in [6, 6.07) is 7.27. The van der Waals surface area contributed by atoms with Crippen molar-refractivity contribution in [3.63, 3.8) is 0 Å². The number of nitrogens with zero attached hydrogens (tertiary/aromatic N) is 5. The van der Waals surface area contributed by atoms with E-state index in [4.69, 9.17) is 14.2 Å². The van der Waals surface area contributed by atoms with Crippen LogP contribution in [0.3, 0.4) is 0 Å². The summed E-state index contributed by atoms with van der Waals surface area (Å²) in [7, 11) is 0. The van der Waals surface area contributed by atoms with E-state index in [0.29, 0.717) is 34.9 Å². The number of hydrogen-bond donors (Lipinski definition) is 1. The second kappa shape index (κ2) is 9.01. The van der Waals surface area contributed by atoms with Gasteiger partial charge in [-0.2, -0.15) is 10.2 Å². The molecular formula is C24H27BrN6O2. The maximum absolute atomic E-state index is 9.78. The number of halogens is 1. The lowest BCUT2D eigenvalue weighted by Gasteiger charge is -2.40. The Bertz CT molecular complexity index is 1230. The highest BCUT2D eigenvalue weighted by Crippen LogP contribution is 2.39. The van der Waals surface area contributed by atoms with E-state index >= 15 is 0 Å². The van der Waals surface area contributed by atoms with Gasteiger partial charge in [0.25, 0.3) is 5.89 Å². The molecule has 0 radical (unpaired) electrons. The Morgan fingerprint density at radius 3 is 2.73 bits per heavy atom. The van der Waals surface area contributed by atoms with Crippen LogP contribution in [0.1, 0.15) is 43.1 Å². The second-order valence-corrected chi connectivity index (χ2v) is 9.95. The van der Waals surface area contributed by atoms with Gasteiger partial charge in [-0.15, -0.1) is 0 Å². The largest absolute Gasteiger partial charge is 0.380 e. The summed E-state index contributed by atoms with van der Waals surface area (Å²) in [5, 5.41) is 18.5. The number of piperidine rings is 1. The predicted octanol–water partition coefficient (Wildman–Crippen LogP) is 4.27. The molecule has 4 heterocycles. The Kier molecular flexibility index (Phi) is 6.08. The summed E-state index contributed by atoms with van der Waals surface area (Å²) < 4.78 is 12.0. The van der Waals surface area contributed by atoms with Gasteiger partial charge in [-0.1, -0.05) is 21.1 Å². The Balaban J connectivity index is 1.58. The van der Waals surface area contributed by atoms with Gasteiger partial charge in [0.1, 0.15) is 11.9 Å². The lowest BCUT2D eigenvalue weighted by atomic mass is 9.95. The molecule has 0 saturated carbocycles. The number of aryl methyl sites for hydroxylation is 2. The molecule has 8 nitrogen and oxygen atoms in total. The molecular weight excluding hydrogens is 484 g/mol. The van der Waals surface area contributed by atoms with E-state index in [9.17, 15) is 5.26 Å². The van der Waals surface area contributed by atoms with Crippen molar-refractivity contribution < 1.29 is 9.26 Å². The monoisotopic (exact) mass is 510 g/mol. The molecule has 0 spiro atoms. The maximum Gasteiger partial charge on any atom is 0.261 e. The first-order valence-corrected chi connectivity index (χ1v) is 12.2. The van der Waals surface area contributed by atoms with Gasteiger partial charge in [-0.25, -0.2) is 4.98 Å². The van der Waals surface area contributed by atoms with Crippen molar-refractivity contribution in [1.29, 1.82) is 5.26 Å². The van der Waals surface area contributed by atoms with Crippen molar-refractivity contribution in [3.05, 3.63) is 33.6 Å². The quantitative estimate of drug-likeness (QED) is 0.555. The molecule has 1 aromatic carbocycles. The van der Waals surface area contributed by atoms with E-state index in [2.05, 4.69) is 49.3 Å². The number of aromatic nitrogens is 3. The van der Waals surface area contributed by atoms with Crippen molar-refractivity contribution >= 4 is 32.7 Å². The third-order valence-corrected chi connectivity index (χ3v) is 7.16. The first kappa shape index (κ1) is 22.3. The number of nitrogens with one attached hydrogen (secondary N) is 1. The van der Waals surface area contributed by atoms with E-state index in [1.807, 2.05) is 26.0 Å². The molecule has 0 bridgehead atoms. The van der Waals surface area contributed by atoms with Gasteiger partial charge in [0.2, 0.25) is 0 Å². The zero-order valence-electron chi connectivity index (χ0n) is 19.1. The maximum atomic E-state index is 9.78. The molecule has 1 N–H and O–H groups in total. The lowest BCUT2D eigenvalue weighted by molar-refractivity contribution is 0.185. The molecule has 5 rings (SSSR count). The van der Waals surface area contributed by atoms with E-state index in [1.165, 1.54) is 0 Å². The molecule has 33 heavy (non-hydrogen) atoms. The number of nitriles is 1. The lowest BCUT2D eigenvalue weighted by Crippen LogP contribution is -2.50. The van der Waals surface area contributed by atoms with Crippen molar-refractivity contribution in [1.82, 2.24) is 20.4 Å². The summed E-state index contributed by atoms with van der Waals surface area (Å²) in [6.45, 7) is 8.57. The smallest absolute Gasteiger partial charge is 0.261 e. The van der Waals surface area contributed by atoms with Crippen LogP contribution < -0.4 is 10.2 Å². The van der Waals surface area contributed by atoms with Crippen molar-refractivity contribution in [3.8, 4) is 17.5 Å². The molecule has 3 unspecified atom stereocenters. The van der Waals surface area contributed by atoms with E-state index in [1.54, 1.807) is 0 Å². The summed E-state index contributed by atoms with van der Waals surface area (Å²) in [5.41, 5.74) is 3.06. The number of anilines is 1. The van der Waals surface area contributed by atoms with E-state index in [0.717, 1.165) is 65.8 Å². The molecule has 2 aliphatic rings. The first-order valence-electron chi connectivity index (χ1n) is 11.4. The van der Waals surface area contributed by atoms with Crippen LogP contribution in [-0.2, 0) is 4.74 Å². The van der Waals surface area contributed by atoms with E-state index < -0.39 is 0 Å². The number of fused-ring (bicyclic) bond motifs is 1. The summed E-state index contributed by atoms with van der Waals surface area (Å²) in [4.78, 5) is 11.9. The van der Waals surface area contributed by atoms with Crippen LogP contribution in [-0.4, -0.2) is 53.0 Å². The minimum atomic E-state index is 0.256. The van der Waals surface area contributed by atoms with Gasteiger partial charge < -0.3 is 19.5 Å². The summed E-state index contributed by atoms with van der Waals surface area (Å²) >= 11 is 3.53. The molecule has 3 aromatic rings. The number of pyridine rings is 1. The Morgan fingerprint density at radius 2 is 2.06 bits per heavy atom. The summed E-state index contributed by atoms with van der Waals surface area (Å²) in [6.07, 6.45) is 3.09. The van der Waals surface area contributed by atoms with Crippen LogP contribution in [0.25, 0.3) is 22.4 Å². The van der Waals surface area contributed by atoms with Crippen LogP contribution >= 0.6 is 15.9 Å². The van der Waals surface area contributed by atoms with Gasteiger partial charge in [-0.3, -0.25) is 0 Å². The molecule has 2 aromatic heterocycles. The number of benzene rings is 1. The van der Waals surface area contributed by atoms with E-state index in [-0.39, 0.29) is 6.04 Å². The Labute approximate surface area is 201 Å². The van der Waals surface area contributed by atoms with Crippen LogP contribution in [0.4, 0.5) is 5.82 Å². The minimum absolute atomic E-state index is 0.256. The number of hydrogen-bond acceptors (Lipinski definition) is 8. The SMILES string of the molecule is Cc1noc(-c2c(N3CCC(NC4CCOC4)CC3C)nc3c(C#N)cc(Br)cc3c2C)n1. The molecule has 2 aliphatic heterocycles. The highest BCUT2D eigenvalue weighted by molar-refractivity contribution is 9.10. The molecule has 0 amide bonds. The third-order valence-electron chi connectivity index (χ3n) is 6.71. The normalized spacial score (nSPS) is 23.2. The predicted molar refractivity (Wildman–Crippen MR) is 129 cm³/mol. The fourth-order valence-electron chi connectivity index (χ4n) is 5.05. The van der Waals surface area contributed by atoms with Crippen molar-refractivity contribution in [2.24, 2.45) is 0 Å². The highest BCUT2D eigenvalue weighted by Gasteiger charge is 2.32. The standard InChI is InChI=1S/C24H27BrN6O2/c1-13-8-18(28-19-5-7-32-12-19)4-6-31(13)23-21(24-27-15(3)30-33-24)14(2)20-10-17(25)9-16(11-26)22(20)29-23/h9-10,13,18-19,28H,4-8,12H2,1-3H3. The molecule has 2 saturated heterocycles. The van der Waals surface area contributed by atoms with Gasteiger partial charge >= 0.3 is 0 Å². The Morgan fingerprint density at radius 1 is 1.21 bits per heavy atom. The first-order chi connectivity index (χ1) is 15.9. The van der Waals surface area contributed by atoms with Crippen LogP contribution in [0.2, 0.25) is 0 Å². The average Bonchev–Trinajstić information content (AvgIpc) is 3.45. The van der Waals surface area contributed by atoms with Gasteiger partial charge in [-0.05, 0) is 57.7 Å².